The Bertz CT molecular complexity index is 1180. The summed E-state index contributed by atoms with van der Waals surface area (Å²) in [6.07, 6.45) is 77.7. The summed E-state index contributed by atoms with van der Waals surface area (Å²) in [5.74, 6) is -0.0409. The van der Waals surface area contributed by atoms with Crippen LogP contribution in [-0.4, -0.2) is 34.9 Å². The maximum absolute atomic E-state index is 12.4. The van der Waals surface area contributed by atoms with Gasteiger partial charge < -0.3 is 15.5 Å². The van der Waals surface area contributed by atoms with Crippen molar-refractivity contribution in [3.8, 4) is 0 Å². The van der Waals surface area contributed by atoms with Crippen molar-refractivity contribution in [2.24, 2.45) is 0 Å². The van der Waals surface area contributed by atoms with Gasteiger partial charge in [0.15, 0.2) is 0 Å². The fourth-order valence-corrected chi connectivity index (χ4v) is 7.18. The van der Waals surface area contributed by atoms with Crippen molar-refractivity contribution in [2.75, 3.05) is 6.61 Å². The Kier molecular flexibility index (Phi) is 48.9. The van der Waals surface area contributed by atoms with Crippen molar-refractivity contribution in [1.29, 1.82) is 0 Å². The molecule has 0 aromatic carbocycles. The number of nitrogens with one attached hydrogen (secondary N) is 1. The first kappa shape index (κ1) is 58.0. The van der Waals surface area contributed by atoms with Gasteiger partial charge in [-0.1, -0.05) is 245 Å². The van der Waals surface area contributed by atoms with Crippen LogP contribution in [0.25, 0.3) is 0 Å². The van der Waals surface area contributed by atoms with Gasteiger partial charge in [0.25, 0.3) is 0 Å². The molecule has 3 N–H and O–H groups in total. The normalized spacial score (nSPS) is 13.8. The maximum Gasteiger partial charge on any atom is 0.220 e. The van der Waals surface area contributed by atoms with Crippen molar-refractivity contribution < 1.29 is 15.0 Å². The molecule has 0 spiro atoms. The van der Waals surface area contributed by atoms with Gasteiger partial charge in [0.1, 0.15) is 0 Å². The predicted molar refractivity (Wildman–Crippen MR) is 271 cm³/mol. The van der Waals surface area contributed by atoms with E-state index in [1.165, 1.54) is 116 Å². The summed E-state index contributed by atoms with van der Waals surface area (Å²) in [7, 11) is 0. The van der Waals surface area contributed by atoms with Crippen LogP contribution in [0.15, 0.2) is 109 Å². The van der Waals surface area contributed by atoms with Crippen LogP contribution < -0.4 is 5.32 Å². The van der Waals surface area contributed by atoms with Gasteiger partial charge in [-0.3, -0.25) is 4.79 Å². The lowest BCUT2D eigenvalue weighted by molar-refractivity contribution is -0.123. The maximum atomic E-state index is 12.4. The van der Waals surface area contributed by atoms with E-state index in [1.807, 2.05) is 0 Å². The van der Waals surface area contributed by atoms with Crippen LogP contribution in [0.4, 0.5) is 0 Å². The Morgan fingerprint density at radius 1 is 0.410 bits per heavy atom. The molecule has 0 aliphatic rings. The zero-order valence-corrected chi connectivity index (χ0v) is 39.9. The lowest BCUT2D eigenvalue weighted by Gasteiger charge is -2.22. The van der Waals surface area contributed by atoms with Gasteiger partial charge in [0.05, 0.1) is 18.8 Å². The summed E-state index contributed by atoms with van der Waals surface area (Å²) in [6.45, 7) is 4.22. The minimum absolute atomic E-state index is 0.0409. The first-order chi connectivity index (χ1) is 30.2. The Hall–Kier alpha value is -2.95. The third-order valence-electron chi connectivity index (χ3n) is 11.0. The predicted octanol–water partition coefficient (Wildman–Crippen LogP) is 16.7. The summed E-state index contributed by atoms with van der Waals surface area (Å²) in [6, 6.07) is -0.542. The molecule has 348 valence electrons. The SMILES string of the molecule is CC/C=C\C/C=C\C/C=C\C/C=C\C/C=C\C/C=C\C/C=C\C/C=C\C/C=C\CCCCCCCCCCCCCC(=O)NC(CO)C(O)CCCCCCCCCCCC. The van der Waals surface area contributed by atoms with Crippen molar-refractivity contribution in [3.05, 3.63) is 109 Å². The molecule has 0 radical (unpaired) electrons. The van der Waals surface area contributed by atoms with Crippen molar-refractivity contribution in [2.45, 2.75) is 238 Å². The van der Waals surface area contributed by atoms with E-state index in [0.29, 0.717) is 12.8 Å². The Balaban J connectivity index is 3.56. The summed E-state index contributed by atoms with van der Waals surface area (Å²) < 4.78 is 0. The first-order valence-corrected chi connectivity index (χ1v) is 25.6. The Labute approximate surface area is 378 Å². The molecule has 0 bridgehead atoms. The van der Waals surface area contributed by atoms with Crippen LogP contribution >= 0.6 is 0 Å². The van der Waals surface area contributed by atoms with Gasteiger partial charge >= 0.3 is 0 Å². The topological polar surface area (TPSA) is 69.6 Å². The fraction of sp³-hybridized carbons (Fsp3) is 0.667. The number of aliphatic hydroxyl groups excluding tert-OH is 2. The van der Waals surface area contributed by atoms with E-state index in [4.69, 9.17) is 0 Å². The van der Waals surface area contributed by atoms with E-state index in [2.05, 4.69) is 129 Å². The summed E-state index contributed by atoms with van der Waals surface area (Å²) in [5.41, 5.74) is 0. The molecule has 0 aromatic heterocycles. The molecule has 0 saturated heterocycles. The first-order valence-electron chi connectivity index (χ1n) is 25.6. The molecule has 4 nitrogen and oxygen atoms in total. The van der Waals surface area contributed by atoms with E-state index < -0.39 is 12.1 Å². The number of carbonyl (C=O) groups is 1. The number of amides is 1. The second-order valence-corrected chi connectivity index (χ2v) is 16.9. The average Bonchev–Trinajstić information content (AvgIpc) is 3.26. The van der Waals surface area contributed by atoms with E-state index in [-0.39, 0.29) is 12.5 Å². The van der Waals surface area contributed by atoms with E-state index in [9.17, 15) is 15.0 Å². The van der Waals surface area contributed by atoms with Gasteiger partial charge in [0, 0.05) is 6.42 Å². The average molecular weight is 844 g/mol. The number of carbonyl (C=O) groups excluding carboxylic acids is 1. The largest absolute Gasteiger partial charge is 0.394 e. The Morgan fingerprint density at radius 2 is 0.721 bits per heavy atom. The molecule has 2 unspecified atom stereocenters. The lowest BCUT2D eigenvalue weighted by Crippen LogP contribution is -2.45. The van der Waals surface area contributed by atoms with Crippen LogP contribution in [0.5, 0.6) is 0 Å². The smallest absolute Gasteiger partial charge is 0.220 e. The zero-order valence-electron chi connectivity index (χ0n) is 39.9. The highest BCUT2D eigenvalue weighted by Gasteiger charge is 2.20. The monoisotopic (exact) mass is 844 g/mol. The van der Waals surface area contributed by atoms with Crippen molar-refractivity contribution in [3.63, 3.8) is 0 Å². The van der Waals surface area contributed by atoms with Gasteiger partial charge in [0.2, 0.25) is 5.91 Å². The molecule has 0 fully saturated rings. The van der Waals surface area contributed by atoms with Gasteiger partial charge in [-0.2, -0.15) is 0 Å². The quantitative estimate of drug-likeness (QED) is 0.0422. The van der Waals surface area contributed by atoms with E-state index in [1.54, 1.807) is 0 Å². The molecule has 0 rings (SSSR count). The second kappa shape index (κ2) is 51.4. The number of hydrogen-bond acceptors (Lipinski definition) is 3. The van der Waals surface area contributed by atoms with Crippen molar-refractivity contribution >= 4 is 5.91 Å². The molecule has 0 aliphatic heterocycles. The Morgan fingerprint density at radius 3 is 1.08 bits per heavy atom. The minimum Gasteiger partial charge on any atom is -0.394 e. The highest BCUT2D eigenvalue weighted by atomic mass is 16.3. The molecule has 0 heterocycles. The molecular weight excluding hydrogens is 747 g/mol. The molecule has 0 aromatic rings. The number of allylic oxidation sites excluding steroid dienone is 18. The minimum atomic E-state index is -0.664. The van der Waals surface area contributed by atoms with Gasteiger partial charge in [-0.15, -0.1) is 0 Å². The van der Waals surface area contributed by atoms with E-state index >= 15 is 0 Å². The zero-order chi connectivity index (χ0) is 44.2. The molecule has 0 aliphatic carbocycles. The molecule has 0 saturated carbocycles. The fourth-order valence-electron chi connectivity index (χ4n) is 7.18. The summed E-state index contributed by atoms with van der Waals surface area (Å²) in [4.78, 5) is 12.4. The molecule has 1 amide bonds. The number of rotatable bonds is 45. The molecular formula is C57H97NO3. The van der Waals surface area contributed by atoms with Crippen LogP contribution in [0.1, 0.15) is 226 Å². The third kappa shape index (κ3) is 47.9. The van der Waals surface area contributed by atoms with Crippen LogP contribution in [0.3, 0.4) is 0 Å². The summed E-state index contributed by atoms with van der Waals surface area (Å²) in [5, 5.41) is 23.1. The van der Waals surface area contributed by atoms with Crippen LogP contribution in [0.2, 0.25) is 0 Å². The van der Waals surface area contributed by atoms with E-state index in [0.717, 1.165) is 83.5 Å². The molecule has 61 heavy (non-hydrogen) atoms. The van der Waals surface area contributed by atoms with Crippen LogP contribution in [-0.2, 0) is 4.79 Å². The van der Waals surface area contributed by atoms with Crippen LogP contribution in [0, 0.1) is 0 Å². The molecule has 2 atom stereocenters. The second-order valence-electron chi connectivity index (χ2n) is 16.9. The summed E-state index contributed by atoms with van der Waals surface area (Å²) >= 11 is 0. The van der Waals surface area contributed by atoms with Gasteiger partial charge in [-0.05, 0) is 83.5 Å². The standard InChI is InChI=1S/C57H97NO3/c1-3-5-7-9-11-13-15-16-17-18-19-20-21-22-23-24-25-26-27-28-29-30-31-32-33-34-35-36-37-38-39-40-41-42-43-45-47-49-51-53-57(61)58-55(54-59)56(60)52-50-48-46-44-14-12-10-8-6-4-2/h5,7,11,13,16-17,19-20,22-23,25-26,28-29,31-32,34-35,55-56,59-60H,3-4,6,8-10,12,14-15,18,21,24,27,30,33,36-54H2,1-2H3,(H,58,61)/b7-5-,13-11-,17-16-,20-19-,23-22-,26-25-,29-28-,32-31-,35-34-. The van der Waals surface area contributed by atoms with Gasteiger partial charge in [-0.25, -0.2) is 0 Å². The highest BCUT2D eigenvalue weighted by molar-refractivity contribution is 5.76. The molecule has 4 heteroatoms. The number of unbranched alkanes of at least 4 members (excludes halogenated alkanes) is 20. The van der Waals surface area contributed by atoms with Crippen molar-refractivity contribution in [1.82, 2.24) is 5.32 Å². The number of hydrogen-bond donors (Lipinski definition) is 3. The highest BCUT2D eigenvalue weighted by Crippen LogP contribution is 2.15. The third-order valence-corrected chi connectivity index (χ3v) is 11.0. The number of aliphatic hydroxyl groups is 2. The lowest BCUT2D eigenvalue weighted by atomic mass is 10.0.